The van der Waals surface area contributed by atoms with Crippen molar-refractivity contribution in [3.8, 4) is 11.5 Å². The van der Waals surface area contributed by atoms with Crippen molar-refractivity contribution in [2.75, 3.05) is 7.11 Å². The fourth-order valence-corrected chi connectivity index (χ4v) is 2.06. The van der Waals surface area contributed by atoms with Crippen molar-refractivity contribution < 1.29 is 9.84 Å². The summed E-state index contributed by atoms with van der Waals surface area (Å²) in [6.07, 6.45) is 0.938. The van der Waals surface area contributed by atoms with Crippen molar-refractivity contribution in [2.45, 2.75) is 18.4 Å². The molecule has 2 rings (SSSR count). The van der Waals surface area contributed by atoms with Crippen molar-refractivity contribution in [3.63, 3.8) is 0 Å². The molecule has 1 aromatic rings. The molecular weight excluding hydrogens is 246 g/mol. The fraction of sp³-hybridized carbons (Fsp3) is 0.400. The smallest absolute Gasteiger partial charge is 0.161 e. The molecule has 1 fully saturated rings. The fourth-order valence-electron chi connectivity index (χ4n) is 1.60. The van der Waals surface area contributed by atoms with E-state index in [2.05, 4.69) is 15.9 Å². The highest BCUT2D eigenvalue weighted by Crippen LogP contribution is 2.47. The number of aromatic hydroxyl groups is 1. The summed E-state index contributed by atoms with van der Waals surface area (Å²) in [5, 5.41) is 9.84. The molecule has 76 valence electrons. The Kier molecular flexibility index (Phi) is 2.41. The minimum atomic E-state index is 0.180. The molecule has 0 amide bonds. The van der Waals surface area contributed by atoms with Gasteiger partial charge in [-0.2, -0.15) is 0 Å². The van der Waals surface area contributed by atoms with E-state index >= 15 is 0 Å². The number of phenols is 1. The minimum Gasteiger partial charge on any atom is -0.504 e. The zero-order valence-electron chi connectivity index (χ0n) is 7.83. The summed E-state index contributed by atoms with van der Waals surface area (Å²) in [5.41, 5.74) is 6.62. The molecule has 0 radical (unpaired) electrons. The van der Waals surface area contributed by atoms with Gasteiger partial charge in [-0.1, -0.05) is 15.9 Å². The molecule has 1 aromatic carbocycles. The van der Waals surface area contributed by atoms with Gasteiger partial charge in [0.1, 0.15) is 0 Å². The number of nitrogens with two attached hydrogens (primary N) is 1. The molecule has 1 saturated carbocycles. The monoisotopic (exact) mass is 257 g/mol. The number of phenolic OH excluding ortho intramolecular Hbond substituents is 1. The molecule has 3 nitrogen and oxygen atoms in total. The summed E-state index contributed by atoms with van der Waals surface area (Å²) in [6, 6.07) is 3.82. The largest absolute Gasteiger partial charge is 0.504 e. The van der Waals surface area contributed by atoms with Crippen LogP contribution in [0.4, 0.5) is 0 Å². The highest BCUT2D eigenvalue weighted by molar-refractivity contribution is 9.10. The Morgan fingerprint density at radius 1 is 1.57 bits per heavy atom. The van der Waals surface area contributed by atoms with Gasteiger partial charge in [0, 0.05) is 22.0 Å². The third kappa shape index (κ3) is 1.60. The van der Waals surface area contributed by atoms with Crippen LogP contribution in [0.2, 0.25) is 0 Å². The van der Waals surface area contributed by atoms with Crippen LogP contribution >= 0.6 is 15.9 Å². The maximum Gasteiger partial charge on any atom is 0.161 e. The Hall–Kier alpha value is -0.740. The summed E-state index contributed by atoms with van der Waals surface area (Å²) >= 11 is 3.37. The van der Waals surface area contributed by atoms with Gasteiger partial charge in [0.25, 0.3) is 0 Å². The maximum atomic E-state index is 9.84. The van der Waals surface area contributed by atoms with Crippen LogP contribution in [-0.4, -0.2) is 18.3 Å². The van der Waals surface area contributed by atoms with Crippen LogP contribution in [0.3, 0.4) is 0 Å². The summed E-state index contributed by atoms with van der Waals surface area (Å²) in [7, 11) is 1.54. The third-order valence-electron chi connectivity index (χ3n) is 2.53. The second-order valence-corrected chi connectivity index (χ2v) is 4.47. The van der Waals surface area contributed by atoms with E-state index in [1.165, 1.54) is 7.11 Å². The SMILES string of the molecule is COc1cc(Br)cc([C@@H]2C[C@H]2N)c1O. The number of rotatable bonds is 2. The lowest BCUT2D eigenvalue weighted by Gasteiger charge is -2.09. The van der Waals surface area contributed by atoms with Crippen molar-refractivity contribution in [1.29, 1.82) is 0 Å². The summed E-state index contributed by atoms with van der Waals surface area (Å²) in [5.74, 6) is 0.989. The molecule has 14 heavy (non-hydrogen) atoms. The maximum absolute atomic E-state index is 9.84. The molecule has 0 spiro atoms. The first kappa shape index (κ1) is 9.80. The van der Waals surface area contributed by atoms with E-state index in [4.69, 9.17) is 10.5 Å². The van der Waals surface area contributed by atoms with Gasteiger partial charge in [0.05, 0.1) is 7.11 Å². The van der Waals surface area contributed by atoms with Gasteiger partial charge in [-0.3, -0.25) is 0 Å². The highest BCUT2D eigenvalue weighted by atomic mass is 79.9. The molecule has 1 aliphatic rings. The number of hydrogen-bond donors (Lipinski definition) is 2. The molecule has 3 N–H and O–H groups in total. The standard InChI is InChI=1S/C10H12BrNO2/c1-14-9-3-5(11)2-7(10(9)13)6-4-8(6)12/h2-3,6,8,13H,4,12H2,1H3/t6-,8+/m0/s1. The van der Waals surface area contributed by atoms with Crippen molar-refractivity contribution in [3.05, 3.63) is 22.2 Å². The molecule has 0 aliphatic heterocycles. The molecule has 0 bridgehead atoms. The quantitative estimate of drug-likeness (QED) is 0.852. The normalized spacial score (nSPS) is 24.8. The second kappa shape index (κ2) is 3.44. The Labute approximate surface area is 91.0 Å². The van der Waals surface area contributed by atoms with Crippen LogP contribution in [0.1, 0.15) is 17.9 Å². The van der Waals surface area contributed by atoms with E-state index in [1.807, 2.05) is 6.07 Å². The van der Waals surface area contributed by atoms with Crippen molar-refractivity contribution in [1.82, 2.24) is 0 Å². The molecule has 1 aliphatic carbocycles. The average molecular weight is 258 g/mol. The number of ether oxygens (including phenoxy) is 1. The van der Waals surface area contributed by atoms with Crippen LogP contribution in [-0.2, 0) is 0 Å². The summed E-state index contributed by atoms with van der Waals surface area (Å²) in [4.78, 5) is 0. The predicted molar refractivity (Wildman–Crippen MR) is 57.7 cm³/mol. The van der Waals surface area contributed by atoms with Crippen molar-refractivity contribution in [2.24, 2.45) is 5.73 Å². The lowest BCUT2D eigenvalue weighted by atomic mass is 10.1. The van der Waals surface area contributed by atoms with Gasteiger partial charge in [-0.15, -0.1) is 0 Å². The molecule has 2 atom stereocenters. The molecular formula is C10H12BrNO2. The van der Waals surface area contributed by atoms with Gasteiger partial charge in [0.2, 0.25) is 0 Å². The van der Waals surface area contributed by atoms with Crippen LogP contribution in [0.25, 0.3) is 0 Å². The lowest BCUT2D eigenvalue weighted by Crippen LogP contribution is -2.01. The van der Waals surface area contributed by atoms with Crippen LogP contribution < -0.4 is 10.5 Å². The summed E-state index contributed by atoms with van der Waals surface area (Å²) < 4.78 is 5.96. The first-order valence-corrected chi connectivity index (χ1v) is 5.24. The highest BCUT2D eigenvalue weighted by Gasteiger charge is 2.37. The molecule has 0 heterocycles. The first-order chi connectivity index (χ1) is 6.63. The molecule has 0 saturated heterocycles. The number of benzene rings is 1. The molecule has 4 heteroatoms. The zero-order valence-corrected chi connectivity index (χ0v) is 9.41. The van der Waals surface area contributed by atoms with E-state index in [0.717, 1.165) is 16.5 Å². The van der Waals surface area contributed by atoms with Crippen molar-refractivity contribution >= 4 is 15.9 Å². The lowest BCUT2D eigenvalue weighted by molar-refractivity contribution is 0.370. The molecule has 0 unspecified atom stereocenters. The van der Waals surface area contributed by atoms with Gasteiger partial charge in [-0.25, -0.2) is 0 Å². The Morgan fingerprint density at radius 2 is 2.21 bits per heavy atom. The third-order valence-corrected chi connectivity index (χ3v) is 2.99. The van der Waals surface area contributed by atoms with E-state index in [9.17, 15) is 5.11 Å². The average Bonchev–Trinajstić information content (AvgIpc) is 2.86. The Bertz CT molecular complexity index is 367. The van der Waals surface area contributed by atoms with Gasteiger partial charge in [-0.05, 0) is 18.6 Å². The molecule has 0 aromatic heterocycles. The Morgan fingerprint density at radius 3 is 2.71 bits per heavy atom. The van der Waals surface area contributed by atoms with E-state index < -0.39 is 0 Å². The number of halogens is 1. The van der Waals surface area contributed by atoms with E-state index in [1.54, 1.807) is 6.07 Å². The van der Waals surface area contributed by atoms with Gasteiger partial charge in [0.15, 0.2) is 11.5 Å². The zero-order chi connectivity index (χ0) is 10.3. The Balaban J connectivity index is 2.43. The van der Waals surface area contributed by atoms with E-state index in [0.29, 0.717) is 5.75 Å². The van der Waals surface area contributed by atoms with E-state index in [-0.39, 0.29) is 17.7 Å². The second-order valence-electron chi connectivity index (χ2n) is 3.55. The van der Waals surface area contributed by atoms with Crippen LogP contribution in [0.15, 0.2) is 16.6 Å². The predicted octanol–water partition coefficient (Wildman–Crippen LogP) is 1.98. The van der Waals surface area contributed by atoms with Crippen LogP contribution in [0.5, 0.6) is 11.5 Å². The van der Waals surface area contributed by atoms with Crippen LogP contribution in [0, 0.1) is 0 Å². The minimum absolute atomic E-state index is 0.180. The first-order valence-electron chi connectivity index (χ1n) is 4.45. The number of hydrogen-bond acceptors (Lipinski definition) is 3. The summed E-state index contributed by atoms with van der Waals surface area (Å²) in [6.45, 7) is 0. The van der Waals surface area contributed by atoms with Gasteiger partial charge >= 0.3 is 0 Å². The topological polar surface area (TPSA) is 55.5 Å². The number of methoxy groups -OCH3 is 1. The van der Waals surface area contributed by atoms with Gasteiger partial charge < -0.3 is 15.6 Å².